The molecule has 2 aromatic carbocycles. The van der Waals surface area contributed by atoms with Crippen molar-refractivity contribution < 1.29 is 23.1 Å². The van der Waals surface area contributed by atoms with Crippen LogP contribution in [-0.4, -0.2) is 57.1 Å². The molecule has 1 atom stereocenters. The largest absolute Gasteiger partial charge is 0.394 e. The number of nitrogens with zero attached hydrogens (tertiary/aromatic N) is 1. The third-order valence-electron chi connectivity index (χ3n) is 6.00. The summed E-state index contributed by atoms with van der Waals surface area (Å²) in [5.74, 6) is -0.402. The van der Waals surface area contributed by atoms with Crippen LogP contribution < -0.4 is 11.1 Å². The lowest BCUT2D eigenvalue weighted by Crippen LogP contribution is -2.46. The monoisotopic (exact) mass is 481 g/mol. The first-order chi connectivity index (χ1) is 15.2. The summed E-state index contributed by atoms with van der Waals surface area (Å²) in [5.41, 5.74) is 6.08. The van der Waals surface area contributed by atoms with E-state index in [0.717, 1.165) is 4.31 Å². The van der Waals surface area contributed by atoms with Crippen LogP contribution in [0.15, 0.2) is 53.4 Å². The normalized spacial score (nSPS) is 17.1. The molecular formula is C22H28ClN3O5S. The maximum atomic E-state index is 13.2. The quantitative estimate of drug-likeness (QED) is 0.505. The smallest absolute Gasteiger partial charge is 0.243 e. The van der Waals surface area contributed by atoms with Gasteiger partial charge in [-0.2, -0.15) is 4.31 Å². The predicted octanol–water partition coefficient (Wildman–Crippen LogP) is 2.39. The van der Waals surface area contributed by atoms with Crippen molar-refractivity contribution in [3.63, 3.8) is 0 Å². The van der Waals surface area contributed by atoms with E-state index in [1.807, 2.05) is 6.07 Å². The van der Waals surface area contributed by atoms with Crippen molar-refractivity contribution in [2.24, 2.45) is 11.1 Å². The van der Waals surface area contributed by atoms with Gasteiger partial charge in [0, 0.05) is 26.8 Å². The average Bonchev–Trinajstić information content (AvgIpc) is 2.80. The number of anilines is 1. The molecule has 0 aromatic heterocycles. The molecule has 2 aromatic rings. The first kappa shape index (κ1) is 24.5. The number of aliphatic hydroxyl groups is 1. The number of benzene rings is 2. The van der Waals surface area contributed by atoms with E-state index in [2.05, 4.69) is 5.32 Å². The van der Waals surface area contributed by atoms with Gasteiger partial charge in [0.25, 0.3) is 0 Å². The maximum Gasteiger partial charge on any atom is 0.243 e. The number of carbonyl (C=O) groups is 1. The molecule has 0 saturated carbocycles. The van der Waals surface area contributed by atoms with Gasteiger partial charge in [-0.05, 0) is 36.6 Å². The number of amides is 1. The second-order valence-corrected chi connectivity index (χ2v) is 10.3. The van der Waals surface area contributed by atoms with Crippen LogP contribution in [0, 0.1) is 5.41 Å². The standard InChI is InChI=1S/C22H28ClN3O5S/c1-26(20(14-27)16-5-3-2-4-6-16)32(29,30)17-7-8-19(18(23)13-17)25-15-22(21(24)28)9-11-31-12-10-22/h2-8,13,20,25,27H,9-12,14-15H2,1H3,(H2,24,28). The Morgan fingerprint density at radius 2 is 1.91 bits per heavy atom. The molecule has 0 bridgehead atoms. The summed E-state index contributed by atoms with van der Waals surface area (Å²) >= 11 is 6.38. The Bertz CT molecular complexity index is 1040. The molecule has 1 heterocycles. The third kappa shape index (κ3) is 5.07. The van der Waals surface area contributed by atoms with Crippen LogP contribution >= 0.6 is 11.6 Å². The van der Waals surface area contributed by atoms with Crippen LogP contribution in [0.25, 0.3) is 0 Å². The summed E-state index contributed by atoms with van der Waals surface area (Å²) in [4.78, 5) is 12.0. The molecule has 1 amide bonds. The molecule has 0 radical (unpaired) electrons. The van der Waals surface area contributed by atoms with E-state index in [9.17, 15) is 18.3 Å². The highest BCUT2D eigenvalue weighted by atomic mass is 35.5. The summed E-state index contributed by atoms with van der Waals surface area (Å²) in [6.45, 7) is 0.814. The SMILES string of the molecule is CN(C(CO)c1ccccc1)S(=O)(=O)c1ccc(NCC2(C(N)=O)CCOCC2)c(Cl)c1. The number of nitrogens with two attached hydrogens (primary N) is 1. The molecule has 1 aliphatic heterocycles. The summed E-state index contributed by atoms with van der Waals surface area (Å²) in [6.07, 6.45) is 1.01. The molecule has 4 N–H and O–H groups in total. The van der Waals surface area contributed by atoms with Gasteiger partial charge in [0.05, 0.1) is 33.7 Å². The topological polar surface area (TPSA) is 122 Å². The number of aliphatic hydroxyl groups excluding tert-OH is 1. The first-order valence-corrected chi connectivity index (χ1v) is 12.1. The highest BCUT2D eigenvalue weighted by molar-refractivity contribution is 7.89. The van der Waals surface area contributed by atoms with Crippen molar-refractivity contribution in [3.05, 3.63) is 59.1 Å². The highest BCUT2D eigenvalue weighted by Crippen LogP contribution is 2.34. The number of hydrogen-bond donors (Lipinski definition) is 3. The van der Waals surface area contributed by atoms with Crippen molar-refractivity contribution >= 4 is 33.2 Å². The van der Waals surface area contributed by atoms with Gasteiger partial charge < -0.3 is 20.9 Å². The number of sulfonamides is 1. The van der Waals surface area contributed by atoms with Crippen LogP contribution in [0.4, 0.5) is 5.69 Å². The number of rotatable bonds is 9. The second kappa shape index (κ2) is 10.2. The number of hydrogen-bond acceptors (Lipinski definition) is 6. The predicted molar refractivity (Wildman–Crippen MR) is 123 cm³/mol. The van der Waals surface area contributed by atoms with E-state index in [0.29, 0.717) is 37.3 Å². The fourth-order valence-corrected chi connectivity index (χ4v) is 5.45. The lowest BCUT2D eigenvalue weighted by Gasteiger charge is -2.34. The van der Waals surface area contributed by atoms with E-state index in [1.54, 1.807) is 30.3 Å². The summed E-state index contributed by atoms with van der Waals surface area (Å²) in [5, 5.41) is 13.2. The van der Waals surface area contributed by atoms with E-state index < -0.39 is 27.4 Å². The molecule has 0 aliphatic carbocycles. The minimum Gasteiger partial charge on any atom is -0.394 e. The Balaban J connectivity index is 1.79. The van der Waals surface area contributed by atoms with Crippen LogP contribution in [0.2, 0.25) is 5.02 Å². The second-order valence-electron chi connectivity index (χ2n) is 7.88. The molecule has 8 nitrogen and oxygen atoms in total. The van der Waals surface area contributed by atoms with Gasteiger partial charge in [-0.25, -0.2) is 8.42 Å². The number of ether oxygens (including phenoxy) is 1. The highest BCUT2D eigenvalue weighted by Gasteiger charge is 2.38. The maximum absolute atomic E-state index is 13.2. The Kier molecular flexibility index (Phi) is 7.79. The minimum atomic E-state index is -3.93. The van der Waals surface area contributed by atoms with Crippen LogP contribution in [-0.2, 0) is 19.6 Å². The van der Waals surface area contributed by atoms with Gasteiger partial charge in [-0.1, -0.05) is 41.9 Å². The Labute approximate surface area is 193 Å². The Hall–Kier alpha value is -2.17. The molecule has 0 spiro atoms. The first-order valence-electron chi connectivity index (χ1n) is 10.3. The molecule has 174 valence electrons. The van der Waals surface area contributed by atoms with E-state index in [4.69, 9.17) is 22.1 Å². The van der Waals surface area contributed by atoms with E-state index in [-0.39, 0.29) is 23.1 Å². The Morgan fingerprint density at radius 3 is 2.47 bits per heavy atom. The lowest BCUT2D eigenvalue weighted by atomic mass is 9.79. The Morgan fingerprint density at radius 1 is 1.25 bits per heavy atom. The number of primary amides is 1. The average molecular weight is 482 g/mol. The molecule has 32 heavy (non-hydrogen) atoms. The van der Waals surface area contributed by atoms with Crippen molar-refractivity contribution in [2.45, 2.75) is 23.8 Å². The van der Waals surface area contributed by atoms with Crippen molar-refractivity contribution in [1.29, 1.82) is 0 Å². The third-order valence-corrected chi connectivity index (χ3v) is 8.18. The fourth-order valence-electron chi connectivity index (χ4n) is 3.78. The number of carbonyl (C=O) groups excluding carboxylic acids is 1. The summed E-state index contributed by atoms with van der Waals surface area (Å²) in [7, 11) is -2.51. The minimum absolute atomic E-state index is 0.000567. The molecule has 1 fully saturated rings. The van der Waals surface area contributed by atoms with Crippen LogP contribution in [0.1, 0.15) is 24.4 Å². The summed E-state index contributed by atoms with van der Waals surface area (Å²) < 4.78 is 32.8. The van der Waals surface area contributed by atoms with E-state index in [1.165, 1.54) is 19.2 Å². The molecular weight excluding hydrogens is 454 g/mol. The number of nitrogens with one attached hydrogen (secondary N) is 1. The van der Waals surface area contributed by atoms with Gasteiger partial charge in [-0.3, -0.25) is 4.79 Å². The zero-order valence-corrected chi connectivity index (χ0v) is 19.4. The van der Waals surface area contributed by atoms with E-state index >= 15 is 0 Å². The molecule has 1 unspecified atom stereocenters. The summed E-state index contributed by atoms with van der Waals surface area (Å²) in [6, 6.07) is 12.5. The van der Waals surface area contributed by atoms with Gasteiger partial charge in [0.1, 0.15) is 0 Å². The van der Waals surface area contributed by atoms with Crippen LogP contribution in [0.5, 0.6) is 0 Å². The zero-order chi connectivity index (χ0) is 23.4. The van der Waals surface area contributed by atoms with Crippen molar-refractivity contribution in [1.82, 2.24) is 4.31 Å². The molecule has 1 saturated heterocycles. The van der Waals surface area contributed by atoms with Gasteiger partial charge in [-0.15, -0.1) is 0 Å². The number of likely N-dealkylation sites (N-methyl/N-ethyl adjacent to an activating group) is 1. The number of halogens is 1. The molecule has 1 aliphatic rings. The zero-order valence-electron chi connectivity index (χ0n) is 17.8. The van der Waals surface area contributed by atoms with Crippen molar-refractivity contribution in [3.8, 4) is 0 Å². The molecule has 3 rings (SSSR count). The lowest BCUT2D eigenvalue weighted by molar-refractivity contribution is -0.132. The van der Waals surface area contributed by atoms with Gasteiger partial charge >= 0.3 is 0 Å². The van der Waals surface area contributed by atoms with Gasteiger partial charge in [0.15, 0.2) is 0 Å². The fraction of sp³-hybridized carbons (Fsp3) is 0.409. The van der Waals surface area contributed by atoms with Crippen LogP contribution in [0.3, 0.4) is 0 Å². The van der Waals surface area contributed by atoms with Gasteiger partial charge in [0.2, 0.25) is 15.9 Å². The van der Waals surface area contributed by atoms with Crippen molar-refractivity contribution in [2.75, 3.05) is 38.7 Å². The molecule has 10 heteroatoms.